The van der Waals surface area contributed by atoms with Crippen molar-refractivity contribution in [1.82, 2.24) is 10.2 Å². The molecule has 146 valence electrons. The smallest absolute Gasteiger partial charge is 0.315 e. The van der Waals surface area contributed by atoms with Crippen LogP contribution in [0.15, 0.2) is 47.4 Å². The Labute approximate surface area is 167 Å². The zero-order chi connectivity index (χ0) is 19.4. The lowest BCUT2D eigenvalue weighted by molar-refractivity contribution is -0.137. The van der Waals surface area contributed by atoms with Crippen LogP contribution < -0.4 is 5.32 Å². The fourth-order valence-electron chi connectivity index (χ4n) is 3.46. The van der Waals surface area contributed by atoms with Gasteiger partial charge in [-0.1, -0.05) is 29.8 Å². The Kier molecular flexibility index (Phi) is 6.74. The van der Waals surface area contributed by atoms with E-state index in [1.807, 2.05) is 30.5 Å². The number of hydrogen-bond donors (Lipinski definition) is 1. The van der Waals surface area contributed by atoms with Gasteiger partial charge in [0.05, 0.1) is 16.6 Å². The van der Waals surface area contributed by atoms with Gasteiger partial charge in [-0.05, 0) is 54.6 Å². The van der Waals surface area contributed by atoms with Gasteiger partial charge in [-0.15, -0.1) is 11.8 Å². The molecular formula is C20H22ClF3N2S. The fraction of sp³-hybridized carbons (Fsp3) is 0.400. The Bertz CT molecular complexity index is 757. The van der Waals surface area contributed by atoms with Crippen LogP contribution >= 0.6 is 23.4 Å². The van der Waals surface area contributed by atoms with Crippen LogP contribution in [0.4, 0.5) is 13.2 Å². The topological polar surface area (TPSA) is 15.3 Å². The molecule has 1 unspecified atom stereocenters. The number of rotatable bonds is 4. The number of benzene rings is 2. The SMILES string of the molecule is CSc1ccc(C(c2ccc(Cl)c(C(F)(F)F)c2)N2CCCNCC2)cc1. The maximum absolute atomic E-state index is 13.4. The highest BCUT2D eigenvalue weighted by atomic mass is 35.5. The summed E-state index contributed by atoms with van der Waals surface area (Å²) in [5.41, 5.74) is 0.830. The van der Waals surface area contributed by atoms with Crippen LogP contribution in [0.25, 0.3) is 0 Å². The van der Waals surface area contributed by atoms with Crippen LogP contribution in [0, 0.1) is 0 Å². The van der Waals surface area contributed by atoms with Crippen molar-refractivity contribution in [3.63, 3.8) is 0 Å². The molecule has 1 heterocycles. The predicted octanol–water partition coefficient (Wildman–Crippen LogP) is 5.47. The first-order valence-electron chi connectivity index (χ1n) is 8.85. The summed E-state index contributed by atoms with van der Waals surface area (Å²) in [5.74, 6) is 0. The van der Waals surface area contributed by atoms with E-state index in [4.69, 9.17) is 11.6 Å². The molecule has 1 N–H and O–H groups in total. The maximum Gasteiger partial charge on any atom is 0.417 e. The molecule has 0 bridgehead atoms. The zero-order valence-corrected chi connectivity index (χ0v) is 16.6. The van der Waals surface area contributed by atoms with Crippen molar-refractivity contribution in [2.45, 2.75) is 23.5 Å². The second kappa shape index (κ2) is 8.86. The van der Waals surface area contributed by atoms with Gasteiger partial charge in [0.15, 0.2) is 0 Å². The normalized spacial score (nSPS) is 17.5. The van der Waals surface area contributed by atoms with Crippen molar-refractivity contribution in [2.24, 2.45) is 0 Å². The van der Waals surface area contributed by atoms with E-state index in [1.54, 1.807) is 17.8 Å². The average molecular weight is 415 g/mol. The van der Waals surface area contributed by atoms with Gasteiger partial charge in [0.2, 0.25) is 0 Å². The van der Waals surface area contributed by atoms with Crippen molar-refractivity contribution in [2.75, 3.05) is 32.4 Å². The first kappa shape index (κ1) is 20.5. The summed E-state index contributed by atoms with van der Waals surface area (Å²) >= 11 is 7.48. The molecule has 2 aromatic carbocycles. The molecule has 0 aromatic heterocycles. The van der Waals surface area contributed by atoms with Gasteiger partial charge in [0, 0.05) is 24.5 Å². The molecule has 2 aromatic rings. The molecule has 27 heavy (non-hydrogen) atoms. The van der Waals surface area contributed by atoms with Crippen molar-refractivity contribution >= 4 is 23.4 Å². The predicted molar refractivity (Wildman–Crippen MR) is 106 cm³/mol. The molecule has 0 radical (unpaired) electrons. The van der Waals surface area contributed by atoms with Crippen LogP contribution in [0.2, 0.25) is 5.02 Å². The van der Waals surface area contributed by atoms with E-state index < -0.39 is 11.7 Å². The molecule has 7 heteroatoms. The molecular weight excluding hydrogens is 393 g/mol. The lowest BCUT2D eigenvalue weighted by Gasteiger charge is -2.32. The standard InChI is InChI=1S/C20H22ClF3N2S/c1-27-16-6-3-14(4-7-16)19(26-11-2-9-25-10-12-26)15-5-8-18(21)17(13-15)20(22,23)24/h3-8,13,19,25H,2,9-12H2,1H3. The summed E-state index contributed by atoms with van der Waals surface area (Å²) < 4.78 is 40.2. The molecule has 3 rings (SSSR count). The third kappa shape index (κ3) is 4.99. The fourth-order valence-corrected chi connectivity index (χ4v) is 4.09. The lowest BCUT2D eigenvalue weighted by Crippen LogP contribution is -2.33. The summed E-state index contributed by atoms with van der Waals surface area (Å²) in [7, 11) is 0. The quantitative estimate of drug-likeness (QED) is 0.668. The Morgan fingerprint density at radius 1 is 1.04 bits per heavy atom. The van der Waals surface area contributed by atoms with E-state index in [0.29, 0.717) is 5.56 Å². The summed E-state index contributed by atoms with van der Waals surface area (Å²) in [6, 6.07) is 12.1. The Morgan fingerprint density at radius 3 is 2.41 bits per heavy atom. The molecule has 2 nitrogen and oxygen atoms in total. The van der Waals surface area contributed by atoms with Crippen LogP contribution in [0.3, 0.4) is 0 Å². The molecule has 0 aliphatic carbocycles. The number of alkyl halides is 3. The Balaban J connectivity index is 2.05. The monoisotopic (exact) mass is 414 g/mol. The van der Waals surface area contributed by atoms with Crippen molar-refractivity contribution in [1.29, 1.82) is 0 Å². The van der Waals surface area contributed by atoms with Crippen LogP contribution in [-0.4, -0.2) is 37.3 Å². The highest BCUT2D eigenvalue weighted by Crippen LogP contribution is 2.38. The Morgan fingerprint density at radius 2 is 1.74 bits per heavy atom. The summed E-state index contributed by atoms with van der Waals surface area (Å²) in [6.07, 6.45) is -1.51. The minimum Gasteiger partial charge on any atom is -0.315 e. The van der Waals surface area contributed by atoms with Crippen molar-refractivity contribution in [3.8, 4) is 0 Å². The molecule has 1 aliphatic rings. The lowest BCUT2D eigenvalue weighted by atomic mass is 9.95. The zero-order valence-electron chi connectivity index (χ0n) is 15.0. The second-order valence-electron chi connectivity index (χ2n) is 6.55. The first-order valence-corrected chi connectivity index (χ1v) is 10.5. The van der Waals surface area contributed by atoms with Gasteiger partial charge >= 0.3 is 6.18 Å². The van der Waals surface area contributed by atoms with Crippen molar-refractivity contribution < 1.29 is 13.2 Å². The van der Waals surface area contributed by atoms with Crippen LogP contribution in [0.5, 0.6) is 0 Å². The number of hydrogen-bond acceptors (Lipinski definition) is 3. The van der Waals surface area contributed by atoms with Gasteiger partial charge in [0.25, 0.3) is 0 Å². The van der Waals surface area contributed by atoms with Gasteiger partial charge in [-0.25, -0.2) is 0 Å². The third-order valence-corrected chi connectivity index (χ3v) is 5.86. The number of nitrogens with one attached hydrogen (secondary N) is 1. The van der Waals surface area contributed by atoms with E-state index in [1.165, 1.54) is 12.1 Å². The van der Waals surface area contributed by atoms with Gasteiger partial charge in [-0.3, -0.25) is 4.90 Å². The van der Waals surface area contributed by atoms with Gasteiger partial charge in [0.1, 0.15) is 0 Å². The average Bonchev–Trinajstić information content (AvgIpc) is 2.92. The third-order valence-electron chi connectivity index (χ3n) is 4.78. The van der Waals surface area contributed by atoms with E-state index in [2.05, 4.69) is 10.2 Å². The van der Waals surface area contributed by atoms with E-state index in [0.717, 1.165) is 43.1 Å². The first-order chi connectivity index (χ1) is 12.9. The van der Waals surface area contributed by atoms with Gasteiger partial charge < -0.3 is 5.32 Å². The second-order valence-corrected chi connectivity index (χ2v) is 7.84. The molecule has 1 aliphatic heterocycles. The van der Waals surface area contributed by atoms with E-state index >= 15 is 0 Å². The summed E-state index contributed by atoms with van der Waals surface area (Å²) in [4.78, 5) is 3.37. The Hall–Kier alpha value is -1.21. The number of thioether (sulfide) groups is 1. The molecule has 0 spiro atoms. The molecule has 0 amide bonds. The molecule has 1 atom stereocenters. The molecule has 0 saturated carbocycles. The highest BCUT2D eigenvalue weighted by Gasteiger charge is 2.34. The maximum atomic E-state index is 13.4. The van der Waals surface area contributed by atoms with Crippen LogP contribution in [-0.2, 0) is 6.18 Å². The number of nitrogens with zero attached hydrogens (tertiary/aromatic N) is 1. The van der Waals surface area contributed by atoms with Crippen molar-refractivity contribution in [3.05, 3.63) is 64.2 Å². The minimum absolute atomic E-state index is 0.237. The summed E-state index contributed by atoms with van der Waals surface area (Å²) in [6.45, 7) is 3.34. The molecule has 1 fully saturated rings. The highest BCUT2D eigenvalue weighted by molar-refractivity contribution is 7.98. The summed E-state index contributed by atoms with van der Waals surface area (Å²) in [5, 5.41) is 3.09. The van der Waals surface area contributed by atoms with E-state index in [9.17, 15) is 13.2 Å². The minimum atomic E-state index is -4.47. The number of halogens is 4. The largest absolute Gasteiger partial charge is 0.417 e. The van der Waals surface area contributed by atoms with Crippen LogP contribution in [0.1, 0.15) is 29.2 Å². The van der Waals surface area contributed by atoms with E-state index in [-0.39, 0.29) is 11.1 Å². The van der Waals surface area contributed by atoms with Gasteiger partial charge in [-0.2, -0.15) is 13.2 Å². The molecule has 1 saturated heterocycles.